The number of halogens is 2. The number of nitrogens with one attached hydrogen (secondary N) is 1. The normalized spacial score (nSPS) is 14.3. The number of carbonyl (C=O) groups excluding carboxylic acids is 1. The van der Waals surface area contributed by atoms with E-state index < -0.39 is 22.6 Å². The number of rotatable bonds is 5. The second-order valence-corrected chi connectivity index (χ2v) is 6.38. The molecule has 1 heterocycles. The Morgan fingerprint density at radius 1 is 1.29 bits per heavy atom. The molecule has 0 aliphatic heterocycles. The predicted octanol–water partition coefficient (Wildman–Crippen LogP) is 2.70. The smallest absolute Gasteiger partial charge is 0.374 e. The van der Waals surface area contributed by atoms with Gasteiger partial charge in [0.15, 0.2) is 10.6 Å². The molecule has 2 N–H and O–H groups in total. The van der Waals surface area contributed by atoms with Crippen LogP contribution in [0.4, 0.5) is 14.5 Å². The molecule has 1 atom stereocenters. The van der Waals surface area contributed by atoms with Gasteiger partial charge >= 0.3 is 6.11 Å². The SMILES string of the molecule is COC(F)(F)c1nnc(C(C)(O)C(=O)Nc2cccc(C)c2C)s1. The number of aryl methyl sites for hydroxylation is 1. The van der Waals surface area contributed by atoms with Crippen molar-refractivity contribution >= 4 is 22.9 Å². The highest BCUT2D eigenvalue weighted by Crippen LogP contribution is 2.34. The third-order valence-corrected chi connectivity index (χ3v) is 4.83. The molecule has 1 amide bonds. The Morgan fingerprint density at radius 3 is 2.54 bits per heavy atom. The van der Waals surface area contributed by atoms with Crippen LogP contribution in [0.3, 0.4) is 0 Å². The molecule has 0 aliphatic rings. The molecule has 1 aromatic heterocycles. The van der Waals surface area contributed by atoms with E-state index in [2.05, 4.69) is 20.3 Å². The summed E-state index contributed by atoms with van der Waals surface area (Å²) < 4.78 is 30.9. The van der Waals surface area contributed by atoms with E-state index in [1.54, 1.807) is 12.1 Å². The summed E-state index contributed by atoms with van der Waals surface area (Å²) in [6.45, 7) is 4.87. The molecule has 2 rings (SSSR count). The van der Waals surface area contributed by atoms with Crippen molar-refractivity contribution < 1.29 is 23.4 Å². The maximum atomic E-state index is 13.4. The maximum absolute atomic E-state index is 13.4. The lowest BCUT2D eigenvalue weighted by molar-refractivity contribution is -0.231. The van der Waals surface area contributed by atoms with E-state index in [-0.39, 0.29) is 5.01 Å². The van der Waals surface area contributed by atoms with E-state index in [0.717, 1.165) is 18.2 Å². The first kappa shape index (κ1) is 18.4. The van der Waals surface area contributed by atoms with Crippen LogP contribution in [0.1, 0.15) is 28.1 Å². The van der Waals surface area contributed by atoms with Gasteiger partial charge in [-0.3, -0.25) is 4.79 Å². The van der Waals surface area contributed by atoms with Crippen LogP contribution in [0.25, 0.3) is 0 Å². The van der Waals surface area contributed by atoms with Crippen molar-refractivity contribution in [2.45, 2.75) is 32.5 Å². The number of hydrogen-bond acceptors (Lipinski definition) is 6. The maximum Gasteiger partial charge on any atom is 0.411 e. The molecule has 0 fully saturated rings. The summed E-state index contributed by atoms with van der Waals surface area (Å²) in [4.78, 5) is 12.4. The highest BCUT2D eigenvalue weighted by molar-refractivity contribution is 7.11. The number of ether oxygens (including phenoxy) is 1. The molecule has 0 spiro atoms. The summed E-state index contributed by atoms with van der Waals surface area (Å²) in [5.41, 5.74) is 0.207. The largest absolute Gasteiger partial charge is 0.411 e. The number of hydrogen-bond donors (Lipinski definition) is 2. The molecule has 0 saturated heterocycles. The van der Waals surface area contributed by atoms with Gasteiger partial charge in [0.05, 0.1) is 0 Å². The lowest BCUT2D eigenvalue weighted by atomic mass is 10.1. The number of nitrogens with zero attached hydrogens (tertiary/aromatic N) is 2. The molecule has 0 radical (unpaired) electrons. The van der Waals surface area contributed by atoms with Gasteiger partial charge in [-0.2, -0.15) is 8.78 Å². The Hall–Kier alpha value is -1.97. The number of aromatic nitrogens is 2. The number of aliphatic hydroxyl groups is 1. The Balaban J connectivity index is 2.26. The number of methoxy groups -OCH3 is 1. The van der Waals surface area contributed by atoms with Gasteiger partial charge in [0.1, 0.15) is 0 Å². The zero-order chi connectivity index (χ0) is 18.1. The molecule has 1 aromatic carbocycles. The quantitative estimate of drug-likeness (QED) is 0.859. The molecule has 24 heavy (non-hydrogen) atoms. The van der Waals surface area contributed by atoms with E-state index >= 15 is 0 Å². The summed E-state index contributed by atoms with van der Waals surface area (Å²) in [5, 5.41) is 18.8. The molecule has 9 heteroatoms. The third-order valence-electron chi connectivity index (χ3n) is 3.64. The fourth-order valence-corrected chi connectivity index (χ4v) is 2.69. The van der Waals surface area contributed by atoms with Crippen molar-refractivity contribution in [3.63, 3.8) is 0 Å². The number of alkyl halides is 2. The Bertz CT molecular complexity index is 762. The number of anilines is 1. The lowest BCUT2D eigenvalue weighted by Gasteiger charge is -2.20. The minimum absolute atomic E-state index is 0.253. The van der Waals surface area contributed by atoms with Gasteiger partial charge in [-0.15, -0.1) is 10.2 Å². The average Bonchev–Trinajstić information content (AvgIpc) is 3.03. The summed E-state index contributed by atoms with van der Waals surface area (Å²) in [5.74, 6) is -0.792. The number of carbonyl (C=O) groups is 1. The van der Waals surface area contributed by atoms with Crippen LogP contribution >= 0.6 is 11.3 Å². The van der Waals surface area contributed by atoms with Crippen LogP contribution in [0.5, 0.6) is 0 Å². The average molecular weight is 357 g/mol. The van der Waals surface area contributed by atoms with Gasteiger partial charge < -0.3 is 15.2 Å². The van der Waals surface area contributed by atoms with Crippen LogP contribution in [0, 0.1) is 13.8 Å². The van der Waals surface area contributed by atoms with E-state index in [0.29, 0.717) is 17.0 Å². The summed E-state index contributed by atoms with van der Waals surface area (Å²) in [6.07, 6.45) is -3.63. The fourth-order valence-electron chi connectivity index (χ4n) is 1.85. The van der Waals surface area contributed by atoms with Crippen molar-refractivity contribution in [1.29, 1.82) is 0 Å². The topological polar surface area (TPSA) is 84.3 Å². The van der Waals surface area contributed by atoms with Crippen molar-refractivity contribution in [3.8, 4) is 0 Å². The third kappa shape index (κ3) is 3.42. The molecule has 0 saturated carbocycles. The Morgan fingerprint density at radius 2 is 1.92 bits per heavy atom. The molecule has 2 aromatic rings. The Labute approximate surface area is 141 Å². The number of amides is 1. The summed E-state index contributed by atoms with van der Waals surface area (Å²) in [6, 6.07) is 5.32. The zero-order valence-corrected chi connectivity index (χ0v) is 14.4. The lowest BCUT2D eigenvalue weighted by Crippen LogP contribution is -2.37. The molecule has 6 nitrogen and oxygen atoms in total. The molecular formula is C15H17F2N3O3S. The van der Waals surface area contributed by atoms with Crippen LogP contribution in [-0.2, 0) is 21.2 Å². The van der Waals surface area contributed by atoms with E-state index in [9.17, 15) is 18.7 Å². The van der Waals surface area contributed by atoms with Crippen LogP contribution in [0.2, 0.25) is 0 Å². The highest BCUT2D eigenvalue weighted by Gasteiger charge is 2.42. The molecular weight excluding hydrogens is 340 g/mol. The monoisotopic (exact) mass is 357 g/mol. The molecule has 1 unspecified atom stereocenters. The molecule has 0 bridgehead atoms. The predicted molar refractivity (Wildman–Crippen MR) is 84.9 cm³/mol. The van der Waals surface area contributed by atoms with Gasteiger partial charge in [-0.25, -0.2) is 0 Å². The van der Waals surface area contributed by atoms with Gasteiger partial charge in [0.2, 0.25) is 5.01 Å². The first-order chi connectivity index (χ1) is 11.1. The zero-order valence-electron chi connectivity index (χ0n) is 13.6. The second kappa shape index (κ2) is 6.50. The fraction of sp³-hybridized carbons (Fsp3) is 0.400. The van der Waals surface area contributed by atoms with Crippen LogP contribution in [0.15, 0.2) is 18.2 Å². The number of benzene rings is 1. The standard InChI is InChI=1S/C15H17F2N3O3S/c1-8-6-5-7-10(9(8)2)18-11(21)14(3,22)12-19-20-13(24-12)15(16,17)23-4/h5-7,22H,1-4H3,(H,18,21). The summed E-state index contributed by atoms with van der Waals surface area (Å²) in [7, 11) is 0.826. The van der Waals surface area contributed by atoms with Crippen molar-refractivity contribution in [3.05, 3.63) is 39.3 Å². The summed E-state index contributed by atoms with van der Waals surface area (Å²) >= 11 is 0.410. The Kier molecular flexibility index (Phi) is 4.97. The van der Waals surface area contributed by atoms with Crippen LogP contribution < -0.4 is 5.32 Å². The van der Waals surface area contributed by atoms with Gasteiger partial charge in [-0.1, -0.05) is 23.5 Å². The molecule has 0 aliphatic carbocycles. The first-order valence-corrected chi connectivity index (χ1v) is 7.78. The van der Waals surface area contributed by atoms with Gasteiger partial charge in [0.25, 0.3) is 5.91 Å². The van der Waals surface area contributed by atoms with Crippen molar-refractivity contribution in [2.75, 3.05) is 12.4 Å². The first-order valence-electron chi connectivity index (χ1n) is 6.97. The van der Waals surface area contributed by atoms with Crippen molar-refractivity contribution in [2.24, 2.45) is 0 Å². The minimum atomic E-state index is -3.63. The van der Waals surface area contributed by atoms with E-state index in [1.807, 2.05) is 19.9 Å². The second-order valence-electron chi connectivity index (χ2n) is 5.41. The highest BCUT2D eigenvalue weighted by atomic mass is 32.1. The van der Waals surface area contributed by atoms with Gasteiger partial charge in [-0.05, 0) is 38.0 Å². The van der Waals surface area contributed by atoms with Gasteiger partial charge in [0, 0.05) is 12.8 Å². The van der Waals surface area contributed by atoms with Crippen LogP contribution in [-0.4, -0.2) is 28.3 Å². The minimum Gasteiger partial charge on any atom is -0.374 e. The van der Waals surface area contributed by atoms with E-state index in [1.165, 1.54) is 6.92 Å². The van der Waals surface area contributed by atoms with E-state index in [4.69, 9.17) is 0 Å². The van der Waals surface area contributed by atoms with Crippen molar-refractivity contribution in [1.82, 2.24) is 10.2 Å². The molecule has 130 valence electrons.